The molecule has 4 aromatic carbocycles. The number of anilines is 4. The van der Waals surface area contributed by atoms with E-state index in [0.29, 0.717) is 35.6 Å². The third-order valence-corrected chi connectivity index (χ3v) is 23.8. The monoisotopic (exact) mass is 2010 g/mol. The van der Waals surface area contributed by atoms with Gasteiger partial charge in [-0.05, 0) is 204 Å². The smallest absolute Gasteiger partial charge is 0.220 e. The van der Waals surface area contributed by atoms with E-state index in [0.717, 1.165) is 201 Å². The zero-order valence-electron chi connectivity index (χ0n) is 99.0. The van der Waals surface area contributed by atoms with Crippen LogP contribution in [0.5, 0.6) is 11.5 Å². The Kier molecular flexibility index (Phi) is 46.0. The van der Waals surface area contributed by atoms with Crippen molar-refractivity contribution in [3.63, 3.8) is 0 Å². The third kappa shape index (κ3) is 39.0. The second kappa shape index (κ2) is 53.9. The Hall–Kier alpha value is -11.8. The summed E-state index contributed by atoms with van der Waals surface area (Å²) in [7, 11) is 15.5. The lowest BCUT2D eigenvalue weighted by atomic mass is 9.84. The van der Waals surface area contributed by atoms with Gasteiger partial charge in [-0.2, -0.15) is 0 Å². The van der Waals surface area contributed by atoms with Gasteiger partial charge < -0.3 is 52.4 Å². The van der Waals surface area contributed by atoms with E-state index in [4.69, 9.17) is 52.3 Å². The summed E-state index contributed by atoms with van der Waals surface area (Å²) in [6.45, 7) is 91.0. The molecule has 0 saturated carbocycles. The highest BCUT2D eigenvalue weighted by Crippen LogP contribution is 2.38. The molecular formula is C121H186N24O2. The summed E-state index contributed by atoms with van der Waals surface area (Å²) >= 11 is 0. The van der Waals surface area contributed by atoms with Crippen LogP contribution in [0.4, 0.5) is 23.8 Å². The molecule has 0 saturated heterocycles. The van der Waals surface area contributed by atoms with Crippen molar-refractivity contribution in [2.24, 2.45) is 0 Å². The number of methoxy groups -OCH3 is 2. The number of hydrogen-bond acceptors (Lipinski definition) is 26. The van der Waals surface area contributed by atoms with Gasteiger partial charge in [-0.1, -0.05) is 273 Å². The van der Waals surface area contributed by atoms with Crippen molar-refractivity contribution >= 4 is 45.6 Å². The van der Waals surface area contributed by atoms with Gasteiger partial charge in [-0.25, -0.2) is 79.7 Å². The van der Waals surface area contributed by atoms with Gasteiger partial charge in [0.1, 0.15) is 34.8 Å². The number of benzene rings is 4. The maximum Gasteiger partial charge on any atom is 0.220 e. The number of nitrogens with zero attached hydrogens (tertiary/aromatic N) is 19. The number of aryl methyl sites for hydroxylation is 8. The SMILES string of the molecule is C=CCc1c(C)nc(CN(C)C)nc1C(C)(C)C.C=CCc1c(C)nc(N)nc1C(C)(C)C.CCCNCc1nc(C)c(C(C)C)c(C(C)(C)C)n1.COc1ccc2c(C(C)(C)C)nc(CN(C)C)nc2c1.COc1ccc2c(C(C)(C)C)nc(CN(C)C)nc2c1.Cc1ccc(Cc2c(C)nc(N)nc2C(C)(C)C)cc1.Cc1ccc(Cc2c(C)nc(N)nc2C(C)(C)C)cc1.Cc1nc(N)nc(C(C)(C)C)c1C(C)C. The minimum absolute atomic E-state index is 0.0137. The Morgan fingerprint density at radius 2 is 0.578 bits per heavy atom. The number of nitrogens with one attached hydrogen (secondary N) is 1. The molecule has 26 nitrogen and oxygen atoms in total. The summed E-state index contributed by atoms with van der Waals surface area (Å²) in [5, 5.41) is 5.58. The fraction of sp³-hybridized carbons (Fsp3) is 0.537. The quantitative estimate of drug-likeness (QED) is 0.0311. The number of nitrogen functional groups attached to an aromatic ring is 4. The predicted octanol–water partition coefficient (Wildman–Crippen LogP) is 24.9. The van der Waals surface area contributed by atoms with Crippen molar-refractivity contribution in [3.8, 4) is 11.5 Å². The first-order chi connectivity index (χ1) is 67.8. The first-order valence-corrected chi connectivity index (χ1v) is 51.8. The minimum atomic E-state index is -0.0398. The molecule has 0 aliphatic heterocycles. The molecule has 26 heteroatoms. The Balaban J connectivity index is 0.000000296. The van der Waals surface area contributed by atoms with Crippen LogP contribution in [0.3, 0.4) is 0 Å². The summed E-state index contributed by atoms with van der Waals surface area (Å²) in [6.07, 6.45) is 8.25. The largest absolute Gasteiger partial charge is 0.497 e. The van der Waals surface area contributed by atoms with Crippen LogP contribution in [0.25, 0.3) is 21.8 Å². The number of fused-ring (bicyclic) bond motifs is 2. The molecule has 0 atom stereocenters. The van der Waals surface area contributed by atoms with Gasteiger partial charge >= 0.3 is 0 Å². The van der Waals surface area contributed by atoms with E-state index in [-0.39, 0.29) is 43.3 Å². The predicted molar refractivity (Wildman–Crippen MR) is 618 cm³/mol. The van der Waals surface area contributed by atoms with Gasteiger partial charge in [-0.3, -0.25) is 0 Å². The second-order valence-corrected chi connectivity index (χ2v) is 48.2. The first-order valence-electron chi connectivity index (χ1n) is 51.8. The molecule has 9 N–H and O–H groups in total. The number of rotatable bonds is 22. The van der Waals surface area contributed by atoms with Crippen LogP contribution in [-0.2, 0) is 95.2 Å². The molecule has 0 spiro atoms. The number of ether oxygens (including phenoxy) is 2. The third-order valence-electron chi connectivity index (χ3n) is 23.8. The molecule has 147 heavy (non-hydrogen) atoms. The molecule has 0 fully saturated rings. The number of allylic oxidation sites excluding steroid dienone is 2. The van der Waals surface area contributed by atoms with E-state index in [1.807, 2.05) is 119 Å². The second-order valence-electron chi connectivity index (χ2n) is 48.2. The molecule has 12 rings (SSSR count). The number of aromatic nitrogens is 16. The lowest BCUT2D eigenvalue weighted by molar-refractivity contribution is 0.386. The summed E-state index contributed by atoms with van der Waals surface area (Å²) in [4.78, 5) is 78.8. The summed E-state index contributed by atoms with van der Waals surface area (Å²) in [5.41, 5.74) is 52.1. The molecule has 8 heterocycles. The Morgan fingerprint density at radius 1 is 0.320 bits per heavy atom. The van der Waals surface area contributed by atoms with Crippen molar-refractivity contribution < 1.29 is 9.47 Å². The van der Waals surface area contributed by atoms with Gasteiger partial charge in [-0.15, -0.1) is 13.2 Å². The molecule has 0 aliphatic carbocycles. The van der Waals surface area contributed by atoms with E-state index >= 15 is 0 Å². The average Bonchev–Trinajstić information content (AvgIpc) is 0.772. The fourth-order valence-electron chi connectivity index (χ4n) is 17.0. The topological polar surface area (TPSA) is 351 Å². The summed E-state index contributed by atoms with van der Waals surface area (Å²) < 4.78 is 10.6. The highest BCUT2D eigenvalue weighted by molar-refractivity contribution is 5.84. The first kappa shape index (κ1) is 126. The molecule has 0 unspecified atom stereocenters. The Bertz CT molecular complexity index is 6080. The van der Waals surface area contributed by atoms with E-state index in [1.165, 1.54) is 55.8 Å². The van der Waals surface area contributed by atoms with Crippen molar-refractivity contribution in [2.45, 2.75) is 370 Å². The molecule has 0 bridgehead atoms. The van der Waals surface area contributed by atoms with E-state index < -0.39 is 0 Å². The van der Waals surface area contributed by atoms with Gasteiger partial charge in [0.25, 0.3) is 0 Å². The highest BCUT2D eigenvalue weighted by atomic mass is 16.5. The highest BCUT2D eigenvalue weighted by Gasteiger charge is 2.32. The Labute approximate surface area is 885 Å². The molecule has 12 aromatic rings. The van der Waals surface area contributed by atoms with Gasteiger partial charge in [0.05, 0.1) is 97.0 Å². The molecule has 0 radical (unpaired) electrons. The summed E-state index contributed by atoms with van der Waals surface area (Å²) in [6, 6.07) is 29.2. The number of nitrogens with two attached hydrogens (primary N) is 4. The van der Waals surface area contributed by atoms with Gasteiger partial charge in [0.15, 0.2) is 0 Å². The van der Waals surface area contributed by atoms with Crippen LogP contribution in [0.1, 0.15) is 378 Å². The molecule has 0 amide bonds. The van der Waals surface area contributed by atoms with Crippen molar-refractivity contribution in [2.75, 3.05) is 86.0 Å². The molecule has 802 valence electrons. The maximum atomic E-state index is 5.82. The van der Waals surface area contributed by atoms with Crippen LogP contribution in [0.2, 0.25) is 0 Å². The fourth-order valence-corrected chi connectivity index (χ4v) is 17.0. The van der Waals surface area contributed by atoms with E-state index in [1.54, 1.807) is 14.2 Å². The van der Waals surface area contributed by atoms with Crippen molar-refractivity contribution in [3.05, 3.63) is 269 Å². The van der Waals surface area contributed by atoms with Crippen molar-refractivity contribution in [1.82, 2.24) is 99.8 Å². The average molecular weight is 2010 g/mol. The maximum absolute atomic E-state index is 5.82. The van der Waals surface area contributed by atoms with Crippen LogP contribution in [0.15, 0.2) is 110 Å². The minimum Gasteiger partial charge on any atom is -0.497 e. The molecular weight excluding hydrogens is 1820 g/mol. The zero-order valence-corrected chi connectivity index (χ0v) is 99.0. The van der Waals surface area contributed by atoms with Gasteiger partial charge in [0.2, 0.25) is 23.8 Å². The van der Waals surface area contributed by atoms with Crippen LogP contribution < -0.4 is 37.7 Å². The van der Waals surface area contributed by atoms with E-state index in [2.05, 4.69) is 370 Å². The molecule has 8 aromatic heterocycles. The standard InChI is InChI=1S/2C17H23N3.2C16H23N3O.C16H29N3.C15H25N3.C12H21N3.C12H19N3/c2*1-11-6-8-13(9-7-11)10-14-12(2)19-16(18)20-15(14)17(3,4)5;2*1-16(2,3)15-12-8-7-11(20-6)9-13(12)17-14(18-15)10-19(4)5;1-8-9-17-10-13-18-12(4)14(11(2)3)15(19-13)16(5,6)7;1-8-9-12-11(2)16-13(10-18(6)7)17-14(12)15(3,4)5;1-7(2)9-8(3)14-11(13)15-10(9)12(4,5)6;1-6-7-9-8(2)14-11(13)15-10(9)12(3,4)5/h2*6-9H,10H2,1-5H3,(H2,18,19,20);2*7-9H,10H2,1-6H3;11,17H,8-10H2,1-7H3;8H,1,9-10H2,2-7H3;7H,1-6H3,(H2,13,14,15);6H,1,7H2,2-5H3,(H2,13,14,15). The van der Waals surface area contributed by atoms with E-state index in [9.17, 15) is 0 Å². The normalized spacial score (nSPS) is 11.9. The van der Waals surface area contributed by atoms with Crippen LogP contribution >= 0.6 is 0 Å². The summed E-state index contributed by atoms with van der Waals surface area (Å²) in [5.74, 6) is 7.51. The lowest BCUT2D eigenvalue weighted by Crippen LogP contribution is -2.23. The van der Waals surface area contributed by atoms with Gasteiger partial charge in [0, 0.05) is 113 Å². The molecule has 0 aliphatic rings. The zero-order chi connectivity index (χ0) is 112. The number of hydrogen-bond donors (Lipinski definition) is 5. The lowest BCUT2D eigenvalue weighted by Gasteiger charge is -2.25. The Morgan fingerprint density at radius 3 is 0.878 bits per heavy atom. The van der Waals surface area contributed by atoms with Crippen LogP contribution in [0, 0.1) is 55.4 Å². The van der Waals surface area contributed by atoms with Crippen molar-refractivity contribution in [1.29, 1.82) is 0 Å². The van der Waals surface area contributed by atoms with Crippen LogP contribution in [-0.4, -0.2) is 157 Å².